The van der Waals surface area contributed by atoms with E-state index < -0.39 is 5.97 Å². The van der Waals surface area contributed by atoms with Gasteiger partial charge < -0.3 is 9.47 Å². The van der Waals surface area contributed by atoms with Crippen LogP contribution in [0, 0.1) is 5.92 Å². The first-order chi connectivity index (χ1) is 6.24. The van der Waals surface area contributed by atoms with Crippen molar-refractivity contribution in [2.45, 2.75) is 12.8 Å². The lowest BCUT2D eigenvalue weighted by Gasteiger charge is -2.04. The lowest BCUT2D eigenvalue weighted by molar-refractivity contribution is -0.144. The summed E-state index contributed by atoms with van der Waals surface area (Å²) in [5.74, 6) is -0.737. The minimum absolute atomic E-state index is 0.0994. The van der Waals surface area contributed by atoms with Crippen molar-refractivity contribution in [2.75, 3.05) is 13.2 Å². The third kappa shape index (κ3) is 2.89. The summed E-state index contributed by atoms with van der Waals surface area (Å²) in [5, 5.41) is 0. The second kappa shape index (κ2) is 4.64. The standard InChI is InChI=1S/C9H12O4/c1-2-8(10)12-5-3-7-4-6-13-9(7)11/h2,7H,1,3-6H2. The third-order valence-electron chi connectivity index (χ3n) is 1.92. The molecule has 1 fully saturated rings. The van der Waals surface area contributed by atoms with Crippen molar-refractivity contribution < 1.29 is 19.1 Å². The van der Waals surface area contributed by atoms with Crippen molar-refractivity contribution in [2.24, 2.45) is 5.92 Å². The molecule has 0 aliphatic carbocycles. The molecule has 13 heavy (non-hydrogen) atoms. The summed E-state index contributed by atoms with van der Waals surface area (Å²) < 4.78 is 9.49. The molecule has 1 saturated heterocycles. The molecule has 1 atom stereocenters. The van der Waals surface area contributed by atoms with E-state index in [2.05, 4.69) is 6.58 Å². The number of cyclic esters (lactones) is 1. The van der Waals surface area contributed by atoms with E-state index >= 15 is 0 Å². The van der Waals surface area contributed by atoms with Gasteiger partial charge in [0.1, 0.15) is 0 Å². The van der Waals surface area contributed by atoms with Gasteiger partial charge in [0.25, 0.3) is 0 Å². The fourth-order valence-corrected chi connectivity index (χ4v) is 1.16. The van der Waals surface area contributed by atoms with Gasteiger partial charge in [-0.3, -0.25) is 4.79 Å². The summed E-state index contributed by atoms with van der Waals surface area (Å²) >= 11 is 0. The van der Waals surface area contributed by atoms with Gasteiger partial charge in [-0.15, -0.1) is 0 Å². The Balaban J connectivity index is 2.15. The fraction of sp³-hybridized carbons (Fsp3) is 0.556. The third-order valence-corrected chi connectivity index (χ3v) is 1.92. The molecule has 0 saturated carbocycles. The van der Waals surface area contributed by atoms with Crippen LogP contribution in [0.5, 0.6) is 0 Å². The number of carbonyl (C=O) groups is 2. The molecule has 1 heterocycles. The Morgan fingerprint density at radius 1 is 1.77 bits per heavy atom. The summed E-state index contributed by atoms with van der Waals surface area (Å²) in [6, 6.07) is 0. The van der Waals surface area contributed by atoms with Crippen molar-refractivity contribution in [3.63, 3.8) is 0 Å². The lowest BCUT2D eigenvalue weighted by atomic mass is 10.1. The highest BCUT2D eigenvalue weighted by atomic mass is 16.5. The maximum absolute atomic E-state index is 10.9. The van der Waals surface area contributed by atoms with Crippen molar-refractivity contribution in [3.05, 3.63) is 12.7 Å². The van der Waals surface area contributed by atoms with Crippen LogP contribution >= 0.6 is 0 Å². The van der Waals surface area contributed by atoms with Gasteiger partial charge in [0, 0.05) is 6.08 Å². The Hall–Kier alpha value is -1.32. The molecule has 0 N–H and O–H groups in total. The van der Waals surface area contributed by atoms with Crippen molar-refractivity contribution in [1.82, 2.24) is 0 Å². The summed E-state index contributed by atoms with van der Waals surface area (Å²) in [7, 11) is 0. The highest BCUT2D eigenvalue weighted by Crippen LogP contribution is 2.17. The quantitative estimate of drug-likeness (QED) is 0.476. The monoisotopic (exact) mass is 184 g/mol. The SMILES string of the molecule is C=CC(=O)OCCC1CCOC1=O. The first-order valence-electron chi connectivity index (χ1n) is 4.20. The molecule has 4 nitrogen and oxygen atoms in total. The zero-order valence-corrected chi connectivity index (χ0v) is 7.32. The fourth-order valence-electron chi connectivity index (χ4n) is 1.16. The first-order valence-corrected chi connectivity index (χ1v) is 4.20. The molecular weight excluding hydrogens is 172 g/mol. The highest BCUT2D eigenvalue weighted by molar-refractivity contribution is 5.81. The minimum atomic E-state index is -0.452. The Bertz CT molecular complexity index is 222. The molecule has 0 spiro atoms. The maximum Gasteiger partial charge on any atom is 0.330 e. The maximum atomic E-state index is 10.9. The van der Waals surface area contributed by atoms with E-state index in [9.17, 15) is 9.59 Å². The van der Waals surface area contributed by atoms with Crippen molar-refractivity contribution >= 4 is 11.9 Å². The number of carbonyl (C=O) groups excluding carboxylic acids is 2. The molecule has 0 aromatic rings. The normalized spacial score (nSPS) is 20.9. The summed E-state index contributed by atoms with van der Waals surface area (Å²) in [5.41, 5.74) is 0. The molecule has 0 bridgehead atoms. The van der Waals surface area contributed by atoms with E-state index in [0.717, 1.165) is 12.5 Å². The van der Waals surface area contributed by atoms with E-state index in [0.29, 0.717) is 13.0 Å². The van der Waals surface area contributed by atoms with E-state index in [-0.39, 0.29) is 18.5 Å². The van der Waals surface area contributed by atoms with Crippen LogP contribution in [0.15, 0.2) is 12.7 Å². The van der Waals surface area contributed by atoms with E-state index in [1.165, 1.54) is 0 Å². The van der Waals surface area contributed by atoms with Crippen LogP contribution < -0.4 is 0 Å². The smallest absolute Gasteiger partial charge is 0.330 e. The molecule has 0 aromatic heterocycles. The predicted molar refractivity (Wildman–Crippen MR) is 44.8 cm³/mol. The average molecular weight is 184 g/mol. The number of hydrogen-bond acceptors (Lipinski definition) is 4. The minimum Gasteiger partial charge on any atom is -0.465 e. The Morgan fingerprint density at radius 3 is 3.08 bits per heavy atom. The molecule has 72 valence electrons. The van der Waals surface area contributed by atoms with E-state index in [1.807, 2.05) is 0 Å². The average Bonchev–Trinajstić information content (AvgIpc) is 2.52. The highest BCUT2D eigenvalue weighted by Gasteiger charge is 2.26. The van der Waals surface area contributed by atoms with Gasteiger partial charge in [0.2, 0.25) is 0 Å². The van der Waals surface area contributed by atoms with Gasteiger partial charge in [-0.05, 0) is 12.8 Å². The summed E-state index contributed by atoms with van der Waals surface area (Å²) in [6.07, 6.45) is 2.37. The van der Waals surface area contributed by atoms with Crippen LogP contribution in [0.3, 0.4) is 0 Å². The van der Waals surface area contributed by atoms with Crippen LogP contribution in [-0.2, 0) is 19.1 Å². The van der Waals surface area contributed by atoms with Gasteiger partial charge in [-0.2, -0.15) is 0 Å². The molecule has 4 heteroatoms. The molecule has 0 radical (unpaired) electrons. The Labute approximate surface area is 76.5 Å². The number of ether oxygens (including phenoxy) is 2. The van der Waals surface area contributed by atoms with Crippen molar-refractivity contribution in [3.8, 4) is 0 Å². The van der Waals surface area contributed by atoms with Gasteiger partial charge >= 0.3 is 11.9 Å². The van der Waals surface area contributed by atoms with Crippen molar-refractivity contribution in [1.29, 1.82) is 0 Å². The number of hydrogen-bond donors (Lipinski definition) is 0. The molecule has 0 aromatic carbocycles. The van der Waals surface area contributed by atoms with Gasteiger partial charge in [0.15, 0.2) is 0 Å². The Kier molecular flexibility index (Phi) is 3.49. The summed E-state index contributed by atoms with van der Waals surface area (Å²) in [6.45, 7) is 4.00. The van der Waals surface area contributed by atoms with E-state index in [1.54, 1.807) is 0 Å². The number of rotatable bonds is 4. The lowest BCUT2D eigenvalue weighted by Crippen LogP contribution is -2.12. The predicted octanol–water partition coefficient (Wildman–Crippen LogP) is 0.669. The molecule has 0 amide bonds. The van der Waals surface area contributed by atoms with Gasteiger partial charge in [0.05, 0.1) is 19.1 Å². The molecular formula is C9H12O4. The van der Waals surface area contributed by atoms with Crippen LogP contribution in [0.4, 0.5) is 0 Å². The largest absolute Gasteiger partial charge is 0.465 e. The molecule has 1 rings (SSSR count). The Morgan fingerprint density at radius 2 is 2.54 bits per heavy atom. The topological polar surface area (TPSA) is 52.6 Å². The molecule has 1 aliphatic rings. The van der Waals surface area contributed by atoms with Gasteiger partial charge in [-0.1, -0.05) is 6.58 Å². The zero-order valence-electron chi connectivity index (χ0n) is 7.32. The molecule has 1 unspecified atom stereocenters. The van der Waals surface area contributed by atoms with Crippen LogP contribution in [0.1, 0.15) is 12.8 Å². The van der Waals surface area contributed by atoms with Crippen LogP contribution in [0.25, 0.3) is 0 Å². The number of esters is 2. The molecule has 1 aliphatic heterocycles. The zero-order chi connectivity index (χ0) is 9.68. The summed E-state index contributed by atoms with van der Waals surface area (Å²) in [4.78, 5) is 21.5. The van der Waals surface area contributed by atoms with Crippen LogP contribution in [-0.4, -0.2) is 25.2 Å². The van der Waals surface area contributed by atoms with Crippen LogP contribution in [0.2, 0.25) is 0 Å². The van der Waals surface area contributed by atoms with E-state index in [4.69, 9.17) is 9.47 Å². The second-order valence-corrected chi connectivity index (χ2v) is 2.81. The van der Waals surface area contributed by atoms with Gasteiger partial charge in [-0.25, -0.2) is 4.79 Å². The second-order valence-electron chi connectivity index (χ2n) is 2.81. The first kappa shape index (κ1) is 9.77.